The number of halogens is 2. The summed E-state index contributed by atoms with van der Waals surface area (Å²) in [5.74, 6) is 0.503. The van der Waals surface area contributed by atoms with Crippen LogP contribution in [0.2, 0.25) is 0 Å². The minimum absolute atomic E-state index is 0.0327. The number of benzene rings is 1. The lowest BCUT2D eigenvalue weighted by Gasteiger charge is -2.22. The first-order valence-corrected chi connectivity index (χ1v) is 7.56. The maximum Gasteiger partial charge on any atom is 0.252 e. The van der Waals surface area contributed by atoms with E-state index in [9.17, 15) is 4.79 Å². The number of nitrogens with one attached hydrogen (secondary N) is 1. The smallest absolute Gasteiger partial charge is 0.252 e. The van der Waals surface area contributed by atoms with Gasteiger partial charge in [0.25, 0.3) is 5.91 Å². The van der Waals surface area contributed by atoms with E-state index in [2.05, 4.69) is 37.2 Å². The number of ether oxygens (including phenoxy) is 1. The Hall–Kier alpha value is -0.390. The molecule has 0 spiro atoms. The fourth-order valence-corrected chi connectivity index (χ4v) is 2.74. The van der Waals surface area contributed by atoms with Gasteiger partial charge in [-0.15, -0.1) is 0 Å². The molecule has 5 heteroatoms. The number of hydrogen-bond donors (Lipinski definition) is 1. The number of carbonyl (C=O) groups is 1. The molecule has 2 rings (SSSR count). The first-order chi connectivity index (χ1) is 8.66. The summed E-state index contributed by atoms with van der Waals surface area (Å²) in [5, 5.41) is 2.99. The molecule has 0 unspecified atom stereocenters. The highest BCUT2D eigenvalue weighted by molar-refractivity contribution is 9.11. The molecule has 1 heterocycles. The average molecular weight is 377 g/mol. The molecule has 1 aliphatic rings. The standard InChI is InChI=1S/C13H15Br2NO2/c14-10-1-2-12(15)11(7-10)13(17)16-8-9-3-5-18-6-4-9/h1-2,7,9H,3-6,8H2,(H,16,17). The van der Waals surface area contributed by atoms with Crippen LogP contribution in [0.5, 0.6) is 0 Å². The fraction of sp³-hybridized carbons (Fsp3) is 0.462. The quantitative estimate of drug-likeness (QED) is 0.878. The zero-order chi connectivity index (χ0) is 13.0. The third-order valence-corrected chi connectivity index (χ3v) is 4.25. The van der Waals surface area contributed by atoms with E-state index in [1.54, 1.807) is 0 Å². The van der Waals surface area contributed by atoms with Crippen molar-refractivity contribution >= 4 is 37.8 Å². The molecule has 0 aromatic heterocycles. The fourth-order valence-electron chi connectivity index (χ4n) is 1.95. The van der Waals surface area contributed by atoms with Gasteiger partial charge in [0.1, 0.15) is 0 Å². The molecule has 1 aliphatic heterocycles. The second kappa shape index (κ2) is 6.68. The van der Waals surface area contributed by atoms with E-state index >= 15 is 0 Å². The SMILES string of the molecule is O=C(NCC1CCOCC1)c1cc(Br)ccc1Br. The van der Waals surface area contributed by atoms with Crippen molar-refractivity contribution < 1.29 is 9.53 Å². The molecule has 1 saturated heterocycles. The molecule has 1 aromatic rings. The molecular weight excluding hydrogens is 362 g/mol. The summed E-state index contributed by atoms with van der Waals surface area (Å²) >= 11 is 6.77. The Balaban J connectivity index is 1.92. The lowest BCUT2D eigenvalue weighted by molar-refractivity contribution is 0.0642. The van der Waals surface area contributed by atoms with Crippen LogP contribution in [0.3, 0.4) is 0 Å². The predicted molar refractivity (Wildman–Crippen MR) is 77.7 cm³/mol. The number of carbonyl (C=O) groups excluding carboxylic acids is 1. The minimum atomic E-state index is -0.0327. The van der Waals surface area contributed by atoms with E-state index in [0.717, 1.165) is 41.5 Å². The zero-order valence-corrected chi connectivity index (χ0v) is 13.1. The topological polar surface area (TPSA) is 38.3 Å². The highest BCUT2D eigenvalue weighted by Gasteiger charge is 2.16. The van der Waals surface area contributed by atoms with Gasteiger partial charge in [-0.25, -0.2) is 0 Å². The second-order valence-corrected chi connectivity index (χ2v) is 6.16. The molecule has 0 saturated carbocycles. The van der Waals surface area contributed by atoms with Gasteiger partial charge in [-0.1, -0.05) is 15.9 Å². The molecule has 0 aliphatic carbocycles. The molecule has 1 aromatic carbocycles. The maximum atomic E-state index is 12.1. The summed E-state index contributed by atoms with van der Waals surface area (Å²) in [5.41, 5.74) is 0.663. The van der Waals surface area contributed by atoms with Crippen molar-refractivity contribution in [2.45, 2.75) is 12.8 Å². The van der Waals surface area contributed by atoms with Crippen LogP contribution in [0, 0.1) is 5.92 Å². The predicted octanol–water partition coefficient (Wildman–Crippen LogP) is 3.37. The molecule has 0 atom stereocenters. The van der Waals surface area contributed by atoms with Gasteiger partial charge in [0, 0.05) is 28.7 Å². The Morgan fingerprint density at radius 3 is 2.78 bits per heavy atom. The molecule has 3 nitrogen and oxygen atoms in total. The van der Waals surface area contributed by atoms with Crippen molar-refractivity contribution in [3.05, 3.63) is 32.7 Å². The Labute approximate surface area is 124 Å². The zero-order valence-electron chi connectivity index (χ0n) is 9.92. The summed E-state index contributed by atoms with van der Waals surface area (Å²) in [6.45, 7) is 2.34. The number of rotatable bonds is 3. The first-order valence-electron chi connectivity index (χ1n) is 5.98. The summed E-state index contributed by atoms with van der Waals surface area (Å²) in [6, 6.07) is 5.59. The van der Waals surface area contributed by atoms with Gasteiger partial charge in [-0.05, 0) is 52.9 Å². The molecule has 1 fully saturated rings. The lowest BCUT2D eigenvalue weighted by Crippen LogP contribution is -2.32. The molecule has 1 amide bonds. The molecular formula is C13H15Br2NO2. The number of hydrogen-bond acceptors (Lipinski definition) is 2. The maximum absolute atomic E-state index is 12.1. The van der Waals surface area contributed by atoms with Crippen LogP contribution in [0.1, 0.15) is 23.2 Å². The van der Waals surface area contributed by atoms with Crippen LogP contribution >= 0.6 is 31.9 Å². The van der Waals surface area contributed by atoms with Crippen molar-refractivity contribution in [2.75, 3.05) is 19.8 Å². The van der Waals surface area contributed by atoms with E-state index in [4.69, 9.17) is 4.74 Å². The van der Waals surface area contributed by atoms with Crippen LogP contribution in [-0.4, -0.2) is 25.7 Å². The van der Waals surface area contributed by atoms with Crippen molar-refractivity contribution in [3.63, 3.8) is 0 Å². The molecule has 1 N–H and O–H groups in total. The van der Waals surface area contributed by atoms with Gasteiger partial charge in [0.15, 0.2) is 0 Å². The monoisotopic (exact) mass is 375 g/mol. The average Bonchev–Trinajstić information content (AvgIpc) is 2.40. The van der Waals surface area contributed by atoms with Gasteiger partial charge in [-0.2, -0.15) is 0 Å². The van der Waals surface area contributed by atoms with E-state index in [1.165, 1.54) is 0 Å². The van der Waals surface area contributed by atoms with E-state index in [0.29, 0.717) is 11.5 Å². The van der Waals surface area contributed by atoms with Crippen LogP contribution in [0.25, 0.3) is 0 Å². The normalized spacial score (nSPS) is 16.6. The molecule has 98 valence electrons. The third kappa shape index (κ3) is 3.80. The van der Waals surface area contributed by atoms with Crippen LogP contribution in [-0.2, 0) is 4.74 Å². The highest BCUT2D eigenvalue weighted by atomic mass is 79.9. The van der Waals surface area contributed by atoms with E-state index < -0.39 is 0 Å². The van der Waals surface area contributed by atoms with E-state index in [1.807, 2.05) is 18.2 Å². The lowest BCUT2D eigenvalue weighted by atomic mass is 10.0. The summed E-state index contributed by atoms with van der Waals surface area (Å²) in [4.78, 5) is 12.1. The van der Waals surface area contributed by atoms with Crippen LogP contribution in [0.4, 0.5) is 0 Å². The summed E-state index contributed by atoms with van der Waals surface area (Å²) in [6.07, 6.45) is 2.06. The van der Waals surface area contributed by atoms with Gasteiger partial charge < -0.3 is 10.1 Å². The van der Waals surface area contributed by atoms with Crippen LogP contribution in [0.15, 0.2) is 27.1 Å². The minimum Gasteiger partial charge on any atom is -0.381 e. The number of amides is 1. The molecule has 0 bridgehead atoms. The Morgan fingerprint density at radius 1 is 1.33 bits per heavy atom. The van der Waals surface area contributed by atoms with Gasteiger partial charge in [0.05, 0.1) is 5.56 Å². The Bertz CT molecular complexity index is 431. The van der Waals surface area contributed by atoms with Gasteiger partial charge in [0.2, 0.25) is 0 Å². The molecule has 18 heavy (non-hydrogen) atoms. The second-order valence-electron chi connectivity index (χ2n) is 4.39. The van der Waals surface area contributed by atoms with Crippen molar-refractivity contribution in [1.29, 1.82) is 0 Å². The van der Waals surface area contributed by atoms with Crippen molar-refractivity contribution in [3.8, 4) is 0 Å². The van der Waals surface area contributed by atoms with E-state index in [-0.39, 0.29) is 5.91 Å². The van der Waals surface area contributed by atoms with Gasteiger partial charge >= 0.3 is 0 Å². The van der Waals surface area contributed by atoms with Gasteiger partial charge in [-0.3, -0.25) is 4.79 Å². The summed E-state index contributed by atoms with van der Waals surface area (Å²) in [7, 11) is 0. The Kier molecular flexibility index (Phi) is 5.21. The molecule has 0 radical (unpaired) electrons. The summed E-state index contributed by atoms with van der Waals surface area (Å²) < 4.78 is 7.02. The largest absolute Gasteiger partial charge is 0.381 e. The highest BCUT2D eigenvalue weighted by Crippen LogP contribution is 2.21. The van der Waals surface area contributed by atoms with Crippen molar-refractivity contribution in [2.24, 2.45) is 5.92 Å². The third-order valence-electron chi connectivity index (χ3n) is 3.07. The van der Waals surface area contributed by atoms with Crippen LogP contribution < -0.4 is 5.32 Å². The first kappa shape index (κ1) is 14.0. The Morgan fingerprint density at radius 2 is 2.06 bits per heavy atom. The van der Waals surface area contributed by atoms with Crippen molar-refractivity contribution in [1.82, 2.24) is 5.32 Å².